The summed E-state index contributed by atoms with van der Waals surface area (Å²) in [5, 5.41) is 3.10. The molecule has 1 aromatic heterocycles. The summed E-state index contributed by atoms with van der Waals surface area (Å²) in [6, 6.07) is 9.62. The minimum absolute atomic E-state index is 0.171. The van der Waals surface area contributed by atoms with E-state index in [0.29, 0.717) is 18.8 Å². The maximum Gasteiger partial charge on any atom is 0.373 e. The van der Waals surface area contributed by atoms with Crippen molar-refractivity contribution in [2.75, 3.05) is 7.11 Å². The molecule has 0 fully saturated rings. The summed E-state index contributed by atoms with van der Waals surface area (Å²) >= 11 is 0. The molecule has 0 unspecified atom stereocenters. The first-order valence-electron chi connectivity index (χ1n) is 5.81. The fourth-order valence-electron chi connectivity index (χ4n) is 1.66. The number of methoxy groups -OCH3 is 1. The van der Waals surface area contributed by atoms with Gasteiger partial charge in [0.1, 0.15) is 11.6 Å². The van der Waals surface area contributed by atoms with Crippen LogP contribution in [0.5, 0.6) is 0 Å². The van der Waals surface area contributed by atoms with Crippen molar-refractivity contribution >= 4 is 5.97 Å². The lowest BCUT2D eigenvalue weighted by Crippen LogP contribution is -2.12. The Morgan fingerprint density at radius 1 is 1.32 bits per heavy atom. The zero-order chi connectivity index (χ0) is 13.7. The fraction of sp³-hybridized carbons (Fsp3) is 0.214. The SMILES string of the molecule is COC(=O)c1ccc(CNCc2cccc(F)c2)o1. The van der Waals surface area contributed by atoms with Gasteiger partial charge in [-0.1, -0.05) is 12.1 Å². The highest BCUT2D eigenvalue weighted by molar-refractivity contribution is 5.86. The van der Waals surface area contributed by atoms with Gasteiger partial charge in [0.05, 0.1) is 13.7 Å². The smallest absolute Gasteiger partial charge is 0.373 e. The summed E-state index contributed by atoms with van der Waals surface area (Å²) in [6.45, 7) is 0.972. The Labute approximate surface area is 110 Å². The lowest BCUT2D eigenvalue weighted by molar-refractivity contribution is 0.0563. The second kappa shape index (κ2) is 6.15. The average Bonchev–Trinajstić information content (AvgIpc) is 2.87. The zero-order valence-electron chi connectivity index (χ0n) is 10.5. The Balaban J connectivity index is 1.86. The Morgan fingerprint density at radius 2 is 2.16 bits per heavy atom. The normalized spacial score (nSPS) is 10.4. The first-order chi connectivity index (χ1) is 9.19. The molecule has 0 aliphatic heterocycles. The van der Waals surface area contributed by atoms with Gasteiger partial charge in [0, 0.05) is 6.54 Å². The third kappa shape index (κ3) is 3.66. The van der Waals surface area contributed by atoms with Gasteiger partial charge in [-0.3, -0.25) is 0 Å². The summed E-state index contributed by atoms with van der Waals surface area (Å²) in [7, 11) is 1.30. The van der Waals surface area contributed by atoms with Gasteiger partial charge in [0.2, 0.25) is 5.76 Å². The van der Waals surface area contributed by atoms with Crippen LogP contribution in [0.3, 0.4) is 0 Å². The predicted octanol–water partition coefficient (Wildman–Crippen LogP) is 2.50. The van der Waals surface area contributed by atoms with E-state index in [0.717, 1.165) is 5.56 Å². The van der Waals surface area contributed by atoms with Crippen LogP contribution in [-0.4, -0.2) is 13.1 Å². The minimum atomic E-state index is -0.503. The maximum absolute atomic E-state index is 13.0. The number of nitrogens with one attached hydrogen (secondary N) is 1. The molecular formula is C14H14FNO3. The molecule has 5 heteroatoms. The van der Waals surface area contributed by atoms with Gasteiger partial charge in [0.15, 0.2) is 0 Å². The average molecular weight is 263 g/mol. The van der Waals surface area contributed by atoms with Crippen LogP contribution in [0.1, 0.15) is 21.9 Å². The number of carbonyl (C=O) groups is 1. The van der Waals surface area contributed by atoms with E-state index in [1.54, 1.807) is 18.2 Å². The van der Waals surface area contributed by atoms with Crippen LogP contribution in [0.4, 0.5) is 4.39 Å². The molecular weight excluding hydrogens is 249 g/mol. The van der Waals surface area contributed by atoms with E-state index in [2.05, 4.69) is 10.1 Å². The van der Waals surface area contributed by atoms with Crippen molar-refractivity contribution in [3.63, 3.8) is 0 Å². The monoisotopic (exact) mass is 263 g/mol. The van der Waals surface area contributed by atoms with Crippen molar-refractivity contribution in [3.8, 4) is 0 Å². The molecule has 0 aliphatic carbocycles. The van der Waals surface area contributed by atoms with Crippen LogP contribution in [0.25, 0.3) is 0 Å². The van der Waals surface area contributed by atoms with Crippen molar-refractivity contribution in [2.24, 2.45) is 0 Å². The summed E-state index contributed by atoms with van der Waals surface area (Å²) in [4.78, 5) is 11.2. The van der Waals surface area contributed by atoms with E-state index in [9.17, 15) is 9.18 Å². The molecule has 0 spiro atoms. The van der Waals surface area contributed by atoms with Crippen molar-refractivity contribution in [1.29, 1.82) is 0 Å². The number of hydrogen-bond acceptors (Lipinski definition) is 4. The van der Waals surface area contributed by atoms with E-state index >= 15 is 0 Å². The van der Waals surface area contributed by atoms with Gasteiger partial charge in [-0.05, 0) is 29.8 Å². The third-order valence-corrected chi connectivity index (χ3v) is 2.57. The Kier molecular flexibility index (Phi) is 4.30. The number of carbonyl (C=O) groups excluding carboxylic acids is 1. The standard InChI is InChI=1S/C14H14FNO3/c1-18-14(17)13-6-5-12(19-13)9-16-8-10-3-2-4-11(15)7-10/h2-7,16H,8-9H2,1H3. The minimum Gasteiger partial charge on any atom is -0.463 e. The van der Waals surface area contributed by atoms with E-state index in [1.807, 2.05) is 6.07 Å². The number of rotatable bonds is 5. The summed E-state index contributed by atoms with van der Waals surface area (Å²) < 4.78 is 22.8. The van der Waals surface area contributed by atoms with Crippen LogP contribution in [-0.2, 0) is 17.8 Å². The van der Waals surface area contributed by atoms with Gasteiger partial charge in [-0.15, -0.1) is 0 Å². The molecule has 19 heavy (non-hydrogen) atoms. The molecule has 0 radical (unpaired) electrons. The second-order valence-corrected chi connectivity index (χ2v) is 3.99. The number of furan rings is 1. The summed E-state index contributed by atoms with van der Waals surface area (Å²) in [5.74, 6) is 0.0310. The first kappa shape index (κ1) is 13.3. The molecule has 4 nitrogen and oxygen atoms in total. The van der Waals surface area contributed by atoms with Gasteiger partial charge >= 0.3 is 5.97 Å². The Bertz CT molecular complexity index is 565. The van der Waals surface area contributed by atoms with Crippen LogP contribution in [0.15, 0.2) is 40.8 Å². The Morgan fingerprint density at radius 3 is 2.89 bits per heavy atom. The molecule has 0 atom stereocenters. The Hall–Kier alpha value is -2.14. The lowest BCUT2D eigenvalue weighted by Gasteiger charge is -2.03. The molecule has 100 valence electrons. The highest BCUT2D eigenvalue weighted by Gasteiger charge is 2.10. The van der Waals surface area contributed by atoms with E-state index in [1.165, 1.54) is 19.2 Å². The van der Waals surface area contributed by atoms with Gasteiger partial charge in [-0.25, -0.2) is 9.18 Å². The lowest BCUT2D eigenvalue weighted by atomic mass is 10.2. The molecule has 2 aromatic rings. The molecule has 1 N–H and O–H groups in total. The van der Waals surface area contributed by atoms with Crippen molar-refractivity contribution in [1.82, 2.24) is 5.32 Å². The summed E-state index contributed by atoms with van der Waals surface area (Å²) in [5.41, 5.74) is 0.847. The molecule has 2 rings (SSSR count). The molecule has 0 aliphatic rings. The number of esters is 1. The maximum atomic E-state index is 13.0. The van der Waals surface area contributed by atoms with E-state index in [-0.39, 0.29) is 11.6 Å². The van der Waals surface area contributed by atoms with Crippen LogP contribution in [0, 0.1) is 5.82 Å². The van der Waals surface area contributed by atoms with Crippen LogP contribution in [0.2, 0.25) is 0 Å². The highest BCUT2D eigenvalue weighted by atomic mass is 19.1. The fourth-order valence-corrected chi connectivity index (χ4v) is 1.66. The second-order valence-electron chi connectivity index (χ2n) is 3.99. The van der Waals surface area contributed by atoms with E-state index in [4.69, 9.17) is 4.42 Å². The summed E-state index contributed by atoms with van der Waals surface area (Å²) in [6.07, 6.45) is 0. The van der Waals surface area contributed by atoms with Crippen molar-refractivity contribution in [3.05, 3.63) is 59.3 Å². The molecule has 0 saturated heterocycles. The predicted molar refractivity (Wildman–Crippen MR) is 67.0 cm³/mol. The number of hydrogen-bond donors (Lipinski definition) is 1. The number of halogens is 1. The molecule has 0 bridgehead atoms. The largest absolute Gasteiger partial charge is 0.463 e. The number of ether oxygens (including phenoxy) is 1. The van der Waals surface area contributed by atoms with Gasteiger partial charge in [0.25, 0.3) is 0 Å². The molecule has 0 saturated carbocycles. The van der Waals surface area contributed by atoms with Crippen molar-refractivity contribution in [2.45, 2.75) is 13.1 Å². The quantitative estimate of drug-likeness (QED) is 0.842. The van der Waals surface area contributed by atoms with E-state index < -0.39 is 5.97 Å². The topological polar surface area (TPSA) is 51.5 Å². The highest BCUT2D eigenvalue weighted by Crippen LogP contribution is 2.09. The van der Waals surface area contributed by atoms with Crippen LogP contribution >= 0.6 is 0 Å². The first-order valence-corrected chi connectivity index (χ1v) is 5.81. The van der Waals surface area contributed by atoms with Crippen molar-refractivity contribution < 1.29 is 18.3 Å². The van der Waals surface area contributed by atoms with Crippen LogP contribution < -0.4 is 5.32 Å². The van der Waals surface area contributed by atoms with Gasteiger partial charge < -0.3 is 14.5 Å². The zero-order valence-corrected chi connectivity index (χ0v) is 10.5. The molecule has 0 amide bonds. The third-order valence-electron chi connectivity index (χ3n) is 2.57. The molecule has 1 heterocycles. The molecule has 1 aromatic carbocycles. The van der Waals surface area contributed by atoms with Gasteiger partial charge in [-0.2, -0.15) is 0 Å². The number of benzene rings is 1.